The third-order valence-corrected chi connectivity index (χ3v) is 4.07. The Morgan fingerprint density at radius 2 is 2.12 bits per heavy atom. The minimum Gasteiger partial charge on any atom is -0.322 e. The lowest BCUT2D eigenvalue weighted by atomic mass is 10.1. The van der Waals surface area contributed by atoms with Crippen LogP contribution in [0.5, 0.6) is 0 Å². The van der Waals surface area contributed by atoms with E-state index in [0.717, 1.165) is 11.0 Å². The summed E-state index contributed by atoms with van der Waals surface area (Å²) in [6.45, 7) is 7.82. The van der Waals surface area contributed by atoms with Gasteiger partial charge in [0.05, 0.1) is 12.7 Å². The van der Waals surface area contributed by atoms with E-state index in [9.17, 15) is 0 Å². The van der Waals surface area contributed by atoms with E-state index in [1.54, 1.807) is 0 Å². The van der Waals surface area contributed by atoms with Crippen LogP contribution in [0, 0.1) is 0 Å². The van der Waals surface area contributed by atoms with Crippen molar-refractivity contribution in [2.45, 2.75) is 45.9 Å². The van der Waals surface area contributed by atoms with Gasteiger partial charge < -0.3 is 5.32 Å². The summed E-state index contributed by atoms with van der Waals surface area (Å²) in [6.07, 6.45) is 7.49. The first kappa shape index (κ1) is 11.7. The van der Waals surface area contributed by atoms with Crippen LogP contribution in [-0.4, -0.2) is 30.4 Å². The van der Waals surface area contributed by atoms with Crippen LogP contribution < -0.4 is 10.6 Å². The van der Waals surface area contributed by atoms with Gasteiger partial charge in [-0.05, 0) is 39.2 Å². The first-order chi connectivity index (χ1) is 7.54. The van der Waals surface area contributed by atoms with Crippen LogP contribution >= 0.6 is 0 Å². The predicted octanol–water partition coefficient (Wildman–Crippen LogP) is 1.90. The Morgan fingerprint density at radius 1 is 1.38 bits per heavy atom. The van der Waals surface area contributed by atoms with Gasteiger partial charge in [0.2, 0.25) is 6.29 Å². The van der Waals surface area contributed by atoms with Crippen molar-refractivity contribution in [1.82, 2.24) is 10.6 Å². The van der Waals surface area contributed by atoms with Crippen LogP contribution in [0.15, 0.2) is 23.5 Å². The predicted molar refractivity (Wildman–Crippen MR) is 67.3 cm³/mol. The van der Waals surface area contributed by atoms with Gasteiger partial charge in [0.1, 0.15) is 12.2 Å². The Hall–Kier alpha value is -0.800. The molecular weight excluding hydrogens is 198 g/mol. The highest BCUT2D eigenvalue weighted by Gasteiger charge is 2.41. The molecule has 2 aliphatic rings. The van der Waals surface area contributed by atoms with E-state index < -0.39 is 0 Å². The largest absolute Gasteiger partial charge is 0.322 e. The maximum absolute atomic E-state index is 3.62. The number of rotatable bonds is 0. The van der Waals surface area contributed by atoms with Crippen molar-refractivity contribution < 1.29 is 4.48 Å². The number of allylic oxidation sites excluding steroid dienone is 2. The summed E-state index contributed by atoms with van der Waals surface area (Å²) in [5.74, 6) is 0. The number of nitrogens with one attached hydrogen (secondary N) is 2. The van der Waals surface area contributed by atoms with E-state index >= 15 is 0 Å². The SMILES string of the molecule is CC1=C[N+]2(C)[C@H](NCCC/C=C(/C)[C@H]2C)N1. The Balaban J connectivity index is 2.33. The number of hydrogen-bond acceptors (Lipinski definition) is 2. The summed E-state index contributed by atoms with van der Waals surface area (Å²) < 4.78 is 0.925. The third kappa shape index (κ3) is 1.89. The van der Waals surface area contributed by atoms with Gasteiger partial charge in [-0.2, -0.15) is 0 Å². The molecule has 16 heavy (non-hydrogen) atoms. The molecule has 0 spiro atoms. The lowest BCUT2D eigenvalue weighted by molar-refractivity contribution is -0.902. The fourth-order valence-electron chi connectivity index (χ4n) is 2.75. The first-order valence-electron chi connectivity index (χ1n) is 6.25. The van der Waals surface area contributed by atoms with Crippen molar-refractivity contribution in [2.75, 3.05) is 13.6 Å². The number of nitrogens with zero attached hydrogens (tertiary/aromatic N) is 1. The van der Waals surface area contributed by atoms with Gasteiger partial charge in [0.25, 0.3) is 0 Å². The van der Waals surface area contributed by atoms with Crippen molar-refractivity contribution in [3.8, 4) is 0 Å². The smallest absolute Gasteiger partial charge is 0.225 e. The van der Waals surface area contributed by atoms with Crippen molar-refractivity contribution in [3.05, 3.63) is 23.5 Å². The molecule has 3 nitrogen and oxygen atoms in total. The van der Waals surface area contributed by atoms with Gasteiger partial charge in [0, 0.05) is 6.54 Å². The minimum atomic E-state index is 0.330. The maximum Gasteiger partial charge on any atom is 0.225 e. The summed E-state index contributed by atoms with van der Waals surface area (Å²) >= 11 is 0. The summed E-state index contributed by atoms with van der Waals surface area (Å²) in [6, 6.07) is 0.528. The molecule has 0 bridgehead atoms. The number of quaternary nitrogens is 1. The second-order valence-corrected chi connectivity index (χ2v) is 5.30. The monoisotopic (exact) mass is 222 g/mol. The Kier molecular flexibility index (Phi) is 3.08. The van der Waals surface area contributed by atoms with Crippen LogP contribution in [0.4, 0.5) is 0 Å². The Morgan fingerprint density at radius 3 is 2.88 bits per heavy atom. The zero-order chi connectivity index (χ0) is 11.8. The van der Waals surface area contributed by atoms with E-state index in [-0.39, 0.29) is 0 Å². The fourth-order valence-corrected chi connectivity index (χ4v) is 2.75. The van der Waals surface area contributed by atoms with Crippen LogP contribution in [0.1, 0.15) is 33.6 Å². The van der Waals surface area contributed by atoms with E-state index in [1.807, 2.05) is 0 Å². The molecule has 2 aliphatic heterocycles. The normalized spacial score (nSPS) is 43.0. The molecule has 3 atom stereocenters. The lowest BCUT2D eigenvalue weighted by Gasteiger charge is -2.39. The summed E-state index contributed by atoms with van der Waals surface area (Å²) in [5.41, 5.74) is 2.78. The van der Waals surface area contributed by atoms with Gasteiger partial charge in [-0.15, -0.1) is 0 Å². The number of likely N-dealkylation sites (N-methyl/N-ethyl adjacent to an activating group) is 1. The van der Waals surface area contributed by atoms with Crippen LogP contribution in [0.25, 0.3) is 0 Å². The van der Waals surface area contributed by atoms with E-state index in [1.165, 1.54) is 24.1 Å². The van der Waals surface area contributed by atoms with Gasteiger partial charge >= 0.3 is 0 Å². The van der Waals surface area contributed by atoms with Crippen molar-refractivity contribution in [3.63, 3.8) is 0 Å². The molecule has 2 rings (SSSR count). The van der Waals surface area contributed by atoms with E-state index in [2.05, 4.69) is 50.7 Å². The highest BCUT2D eigenvalue weighted by atomic mass is 15.5. The maximum atomic E-state index is 3.62. The fraction of sp³-hybridized carbons (Fsp3) is 0.692. The molecule has 0 aliphatic carbocycles. The van der Waals surface area contributed by atoms with E-state index in [0.29, 0.717) is 12.3 Å². The zero-order valence-corrected chi connectivity index (χ0v) is 10.9. The number of fused-ring (bicyclic) bond motifs is 1. The van der Waals surface area contributed by atoms with Gasteiger partial charge in [0.15, 0.2) is 0 Å². The van der Waals surface area contributed by atoms with Crippen molar-refractivity contribution in [2.24, 2.45) is 0 Å². The van der Waals surface area contributed by atoms with Crippen LogP contribution in [-0.2, 0) is 0 Å². The van der Waals surface area contributed by atoms with Gasteiger partial charge in [-0.25, -0.2) is 5.32 Å². The highest BCUT2D eigenvalue weighted by molar-refractivity contribution is 5.08. The number of hydrogen-bond donors (Lipinski definition) is 2. The second-order valence-electron chi connectivity index (χ2n) is 5.30. The quantitative estimate of drug-likeness (QED) is 0.483. The lowest BCUT2D eigenvalue weighted by Crippen LogP contribution is -2.61. The molecule has 0 fully saturated rings. The molecule has 0 saturated carbocycles. The van der Waals surface area contributed by atoms with Crippen LogP contribution in [0.2, 0.25) is 0 Å². The molecule has 3 heteroatoms. The van der Waals surface area contributed by atoms with Crippen molar-refractivity contribution >= 4 is 0 Å². The average Bonchev–Trinajstić information content (AvgIpc) is 2.53. The molecule has 0 aromatic rings. The third-order valence-electron chi connectivity index (χ3n) is 4.07. The molecule has 2 N–H and O–H groups in total. The molecular formula is C13H24N3+. The zero-order valence-electron chi connectivity index (χ0n) is 10.9. The molecule has 1 unspecified atom stereocenters. The molecule has 0 amide bonds. The Bertz CT molecular complexity index is 332. The molecule has 2 heterocycles. The van der Waals surface area contributed by atoms with Gasteiger partial charge in [-0.3, -0.25) is 4.48 Å². The first-order valence-corrected chi connectivity index (χ1v) is 6.25. The molecule has 0 radical (unpaired) electrons. The molecule has 0 saturated heterocycles. The van der Waals surface area contributed by atoms with Gasteiger partial charge in [-0.1, -0.05) is 6.08 Å². The summed E-state index contributed by atoms with van der Waals surface area (Å²) in [4.78, 5) is 0. The molecule has 0 aromatic carbocycles. The highest BCUT2D eigenvalue weighted by Crippen LogP contribution is 2.27. The second kappa shape index (κ2) is 4.22. The van der Waals surface area contributed by atoms with Crippen LogP contribution in [0.3, 0.4) is 0 Å². The molecule has 0 aromatic heterocycles. The summed E-state index contributed by atoms with van der Waals surface area (Å²) in [7, 11) is 2.30. The standard InChI is InChI=1S/C13H24N3/c1-10-7-5-6-8-14-13-15-11(2)9-16(13,4)12(10)3/h7,9,12-15H,5-6,8H2,1-4H3/q+1/b10-7-/t12-,13-,16?/m1/s1. The summed E-state index contributed by atoms with van der Waals surface area (Å²) in [5, 5.41) is 7.16. The van der Waals surface area contributed by atoms with E-state index in [4.69, 9.17) is 0 Å². The average molecular weight is 222 g/mol. The molecule has 90 valence electrons. The minimum absolute atomic E-state index is 0.330. The Labute approximate surface area is 98.8 Å². The van der Waals surface area contributed by atoms with Crippen molar-refractivity contribution in [1.29, 1.82) is 0 Å². The topological polar surface area (TPSA) is 24.1 Å².